The zero-order valence-corrected chi connectivity index (χ0v) is 17.3. The molecule has 0 unspecified atom stereocenters. The summed E-state index contributed by atoms with van der Waals surface area (Å²) in [6, 6.07) is 10.2. The second-order valence-electron chi connectivity index (χ2n) is 6.60. The molecule has 2 aromatic rings. The molecule has 3 rings (SSSR count). The quantitative estimate of drug-likeness (QED) is 0.590. The number of benzene rings is 2. The minimum atomic E-state index is -5.07. The number of nitrogens with one attached hydrogen (secondary N) is 2. The van der Waals surface area contributed by atoms with Crippen molar-refractivity contribution in [3.05, 3.63) is 58.1 Å². The van der Waals surface area contributed by atoms with Crippen LogP contribution in [0, 0.1) is 0 Å². The van der Waals surface area contributed by atoms with Gasteiger partial charge in [0.1, 0.15) is 0 Å². The summed E-state index contributed by atoms with van der Waals surface area (Å²) in [5.41, 5.74) is 0.352. The Bertz CT molecular complexity index is 1070. The van der Waals surface area contributed by atoms with Gasteiger partial charge in [0.25, 0.3) is 11.8 Å². The highest BCUT2D eigenvalue weighted by Gasteiger charge is 2.39. The molecule has 2 N–H and O–H groups in total. The molecule has 0 atom stereocenters. The van der Waals surface area contributed by atoms with Crippen molar-refractivity contribution in [1.82, 2.24) is 4.90 Å². The second-order valence-corrected chi connectivity index (χ2v) is 7.52. The summed E-state index contributed by atoms with van der Waals surface area (Å²) < 4.78 is 38.1. The molecule has 0 fully saturated rings. The number of para-hydroxylation sites is 2. The van der Waals surface area contributed by atoms with Gasteiger partial charge >= 0.3 is 12.1 Å². The molecule has 162 valence electrons. The van der Waals surface area contributed by atoms with Gasteiger partial charge in [0.05, 0.1) is 22.5 Å². The van der Waals surface area contributed by atoms with Gasteiger partial charge in [0.15, 0.2) is 0 Å². The highest BCUT2D eigenvalue weighted by Crippen LogP contribution is 2.27. The van der Waals surface area contributed by atoms with Crippen LogP contribution in [0.1, 0.15) is 33.6 Å². The van der Waals surface area contributed by atoms with E-state index < -0.39 is 29.8 Å². The number of fused-ring (bicyclic) bond motifs is 1. The van der Waals surface area contributed by atoms with Gasteiger partial charge in [-0.1, -0.05) is 28.1 Å². The first-order valence-corrected chi connectivity index (χ1v) is 9.80. The first-order valence-electron chi connectivity index (χ1n) is 9.00. The van der Waals surface area contributed by atoms with Gasteiger partial charge in [-0.25, -0.2) is 0 Å². The second kappa shape index (κ2) is 8.88. The molecule has 0 bridgehead atoms. The van der Waals surface area contributed by atoms with Gasteiger partial charge in [-0.15, -0.1) is 0 Å². The molecule has 0 spiro atoms. The Balaban J connectivity index is 1.57. The third-order valence-electron chi connectivity index (χ3n) is 4.43. The highest BCUT2D eigenvalue weighted by molar-refractivity contribution is 9.10. The van der Waals surface area contributed by atoms with E-state index in [0.29, 0.717) is 4.47 Å². The number of halogens is 4. The summed E-state index contributed by atoms with van der Waals surface area (Å²) in [4.78, 5) is 49.2. The summed E-state index contributed by atoms with van der Waals surface area (Å²) in [6.07, 6.45) is -5.02. The minimum absolute atomic E-state index is 0.00381. The summed E-state index contributed by atoms with van der Waals surface area (Å²) in [5, 5.41) is 4.13. The molecule has 2 aromatic carbocycles. The van der Waals surface area contributed by atoms with Gasteiger partial charge in [-0.3, -0.25) is 24.1 Å². The van der Waals surface area contributed by atoms with Crippen LogP contribution >= 0.6 is 15.9 Å². The number of anilines is 2. The highest BCUT2D eigenvalue weighted by atomic mass is 79.9. The maximum absolute atomic E-state index is 12.5. The summed E-state index contributed by atoms with van der Waals surface area (Å²) in [5.74, 6) is -3.62. The fourth-order valence-electron chi connectivity index (χ4n) is 2.97. The van der Waals surface area contributed by atoms with E-state index in [4.69, 9.17) is 0 Å². The fourth-order valence-corrected chi connectivity index (χ4v) is 3.33. The van der Waals surface area contributed by atoms with Crippen LogP contribution in [-0.2, 0) is 9.59 Å². The SMILES string of the molecule is O=C(CCCN1C(=O)c2ccc(Br)cc2C1=O)Nc1ccccc1NC(=O)C(F)(F)F. The molecule has 0 saturated carbocycles. The maximum Gasteiger partial charge on any atom is 0.471 e. The standard InChI is InChI=1S/C20H15BrF3N3O4/c21-11-7-8-12-13(10-11)18(30)27(17(12)29)9-3-6-16(28)25-14-4-1-2-5-15(14)26-19(31)20(22,23)24/h1-2,4-5,7-8,10H,3,6,9H2,(H,25,28)(H,26,31). The van der Waals surface area contributed by atoms with Crippen molar-refractivity contribution in [2.45, 2.75) is 19.0 Å². The Morgan fingerprint density at radius 2 is 1.55 bits per heavy atom. The number of carbonyl (C=O) groups is 4. The van der Waals surface area contributed by atoms with Crippen LogP contribution in [0.5, 0.6) is 0 Å². The van der Waals surface area contributed by atoms with E-state index in [-0.39, 0.29) is 41.9 Å². The van der Waals surface area contributed by atoms with E-state index >= 15 is 0 Å². The average molecular weight is 498 g/mol. The molecule has 1 heterocycles. The zero-order valence-electron chi connectivity index (χ0n) is 15.8. The number of hydrogen-bond donors (Lipinski definition) is 2. The molecule has 11 heteroatoms. The predicted molar refractivity (Wildman–Crippen MR) is 108 cm³/mol. The van der Waals surface area contributed by atoms with E-state index in [1.54, 1.807) is 23.5 Å². The number of rotatable bonds is 6. The molecule has 0 aromatic heterocycles. The Labute approximate surface area is 182 Å². The van der Waals surface area contributed by atoms with E-state index in [9.17, 15) is 32.3 Å². The number of imide groups is 1. The third kappa shape index (κ3) is 5.10. The maximum atomic E-state index is 12.5. The van der Waals surface area contributed by atoms with Crippen molar-refractivity contribution in [2.24, 2.45) is 0 Å². The molecule has 4 amide bonds. The largest absolute Gasteiger partial charge is 0.471 e. The van der Waals surface area contributed by atoms with Gasteiger partial charge < -0.3 is 10.6 Å². The lowest BCUT2D eigenvalue weighted by Gasteiger charge is -2.15. The van der Waals surface area contributed by atoms with Gasteiger partial charge in [-0.2, -0.15) is 13.2 Å². The average Bonchev–Trinajstić information content (AvgIpc) is 2.93. The molecule has 1 aliphatic rings. The molecular formula is C20H15BrF3N3O4. The van der Waals surface area contributed by atoms with Crippen LogP contribution in [-0.4, -0.2) is 41.2 Å². The van der Waals surface area contributed by atoms with E-state index in [1.807, 2.05) is 0 Å². The first-order chi connectivity index (χ1) is 14.6. The summed E-state index contributed by atoms with van der Waals surface area (Å²) in [6.45, 7) is 0.00381. The molecule has 7 nitrogen and oxygen atoms in total. The smallest absolute Gasteiger partial charge is 0.324 e. The van der Waals surface area contributed by atoms with Crippen molar-refractivity contribution in [2.75, 3.05) is 17.2 Å². The minimum Gasteiger partial charge on any atom is -0.324 e. The van der Waals surface area contributed by atoms with Crippen LogP contribution in [0.3, 0.4) is 0 Å². The normalized spacial score (nSPS) is 13.2. The fraction of sp³-hybridized carbons (Fsp3) is 0.200. The van der Waals surface area contributed by atoms with Crippen molar-refractivity contribution >= 4 is 50.9 Å². The molecule has 31 heavy (non-hydrogen) atoms. The van der Waals surface area contributed by atoms with Crippen LogP contribution in [0.15, 0.2) is 46.9 Å². The molecule has 1 aliphatic heterocycles. The number of amides is 4. The zero-order chi connectivity index (χ0) is 22.8. The number of alkyl halides is 3. The molecule has 0 aliphatic carbocycles. The third-order valence-corrected chi connectivity index (χ3v) is 4.92. The molecule has 0 saturated heterocycles. The van der Waals surface area contributed by atoms with Crippen molar-refractivity contribution < 1.29 is 32.3 Å². The lowest BCUT2D eigenvalue weighted by atomic mass is 10.1. The lowest BCUT2D eigenvalue weighted by Crippen LogP contribution is -2.31. The Morgan fingerprint density at radius 1 is 0.935 bits per heavy atom. The van der Waals surface area contributed by atoms with Crippen LogP contribution in [0.2, 0.25) is 0 Å². The lowest BCUT2D eigenvalue weighted by molar-refractivity contribution is -0.167. The first kappa shape index (κ1) is 22.5. The van der Waals surface area contributed by atoms with E-state index in [0.717, 1.165) is 4.90 Å². The van der Waals surface area contributed by atoms with Crippen LogP contribution in [0.4, 0.5) is 24.5 Å². The monoisotopic (exact) mass is 497 g/mol. The van der Waals surface area contributed by atoms with Crippen molar-refractivity contribution in [3.63, 3.8) is 0 Å². The Hall–Kier alpha value is -3.21. The predicted octanol–water partition coefficient (Wildman–Crippen LogP) is 3.96. The Morgan fingerprint density at radius 3 is 2.19 bits per heavy atom. The van der Waals surface area contributed by atoms with E-state index in [2.05, 4.69) is 21.2 Å². The summed E-state index contributed by atoms with van der Waals surface area (Å²) in [7, 11) is 0. The molecular weight excluding hydrogens is 483 g/mol. The van der Waals surface area contributed by atoms with E-state index in [1.165, 1.54) is 24.3 Å². The Kier molecular flexibility index (Phi) is 6.44. The summed E-state index contributed by atoms with van der Waals surface area (Å²) >= 11 is 3.24. The number of hydrogen-bond acceptors (Lipinski definition) is 4. The number of carbonyl (C=O) groups excluding carboxylic acids is 4. The van der Waals surface area contributed by atoms with Gasteiger partial charge in [-0.05, 0) is 36.8 Å². The van der Waals surface area contributed by atoms with Crippen LogP contribution in [0.25, 0.3) is 0 Å². The van der Waals surface area contributed by atoms with Gasteiger partial charge in [0.2, 0.25) is 5.91 Å². The van der Waals surface area contributed by atoms with Crippen molar-refractivity contribution in [1.29, 1.82) is 0 Å². The van der Waals surface area contributed by atoms with Crippen molar-refractivity contribution in [3.8, 4) is 0 Å². The topological polar surface area (TPSA) is 95.6 Å². The number of nitrogens with zero attached hydrogens (tertiary/aromatic N) is 1. The van der Waals surface area contributed by atoms with Gasteiger partial charge in [0, 0.05) is 17.4 Å². The van der Waals surface area contributed by atoms with Crippen LogP contribution < -0.4 is 10.6 Å². The molecule has 0 radical (unpaired) electrons.